The average molecular weight is 184 g/mol. The van der Waals surface area contributed by atoms with Gasteiger partial charge in [-0.05, 0) is 25.7 Å². The minimum Gasteiger partial charge on any atom is -0.411 e. The lowest BCUT2D eigenvalue weighted by atomic mass is 9.94. The third-order valence-electron chi connectivity index (χ3n) is 2.39. The van der Waals surface area contributed by atoms with Crippen molar-refractivity contribution in [3.05, 3.63) is 0 Å². The van der Waals surface area contributed by atoms with E-state index >= 15 is 0 Å². The van der Waals surface area contributed by atoms with E-state index in [1.54, 1.807) is 0 Å². The molecule has 0 aromatic heterocycles. The van der Waals surface area contributed by atoms with Gasteiger partial charge in [-0.25, -0.2) is 0 Å². The van der Waals surface area contributed by atoms with Crippen molar-refractivity contribution in [2.45, 2.75) is 45.1 Å². The average Bonchev–Trinajstić information content (AvgIpc) is 2.19. The molecule has 0 unspecified atom stereocenters. The summed E-state index contributed by atoms with van der Waals surface area (Å²) in [6, 6.07) is 0.276. The SMILES string of the molecule is CCC(=O)NC1CCC(=NO)CC1. The first-order chi connectivity index (χ1) is 6.26. The number of nitrogens with zero attached hydrogens (tertiary/aromatic N) is 1. The van der Waals surface area contributed by atoms with E-state index in [4.69, 9.17) is 5.21 Å². The van der Waals surface area contributed by atoms with Crippen LogP contribution in [-0.2, 0) is 4.79 Å². The van der Waals surface area contributed by atoms with Crippen LogP contribution in [0.15, 0.2) is 5.16 Å². The van der Waals surface area contributed by atoms with Crippen molar-refractivity contribution >= 4 is 11.6 Å². The molecule has 0 spiro atoms. The van der Waals surface area contributed by atoms with E-state index in [2.05, 4.69) is 10.5 Å². The fourth-order valence-corrected chi connectivity index (χ4v) is 1.53. The lowest BCUT2D eigenvalue weighted by Gasteiger charge is -2.23. The van der Waals surface area contributed by atoms with Crippen molar-refractivity contribution in [3.63, 3.8) is 0 Å². The number of hydrogen-bond acceptors (Lipinski definition) is 3. The van der Waals surface area contributed by atoms with Crippen molar-refractivity contribution in [3.8, 4) is 0 Å². The van der Waals surface area contributed by atoms with Crippen molar-refractivity contribution in [2.75, 3.05) is 0 Å². The fraction of sp³-hybridized carbons (Fsp3) is 0.778. The van der Waals surface area contributed by atoms with Crippen LogP contribution in [-0.4, -0.2) is 22.9 Å². The normalized spacial score (nSPS) is 22.5. The molecule has 1 rings (SSSR count). The second-order valence-electron chi connectivity index (χ2n) is 3.36. The molecule has 74 valence electrons. The first-order valence-corrected chi connectivity index (χ1v) is 4.75. The standard InChI is InChI=1S/C9H16N2O2/c1-2-9(12)10-7-3-5-8(11-13)6-4-7/h7,13H,2-6H2,1H3,(H,10,12). The second-order valence-corrected chi connectivity index (χ2v) is 3.36. The Kier molecular flexibility index (Phi) is 3.73. The molecule has 1 aliphatic carbocycles. The van der Waals surface area contributed by atoms with Gasteiger partial charge in [-0.3, -0.25) is 4.79 Å². The summed E-state index contributed by atoms with van der Waals surface area (Å²) in [7, 11) is 0. The second kappa shape index (κ2) is 4.84. The highest BCUT2D eigenvalue weighted by molar-refractivity contribution is 5.85. The Hall–Kier alpha value is -1.06. The van der Waals surface area contributed by atoms with E-state index in [-0.39, 0.29) is 11.9 Å². The molecule has 1 saturated carbocycles. The van der Waals surface area contributed by atoms with Gasteiger partial charge in [0.1, 0.15) is 0 Å². The molecule has 1 aliphatic rings. The molecule has 0 bridgehead atoms. The van der Waals surface area contributed by atoms with Crippen LogP contribution >= 0.6 is 0 Å². The Morgan fingerprint density at radius 1 is 1.62 bits per heavy atom. The highest BCUT2D eigenvalue weighted by Gasteiger charge is 2.18. The Labute approximate surface area is 78.0 Å². The Morgan fingerprint density at radius 2 is 2.23 bits per heavy atom. The molecule has 4 nitrogen and oxygen atoms in total. The molecular weight excluding hydrogens is 168 g/mol. The molecule has 13 heavy (non-hydrogen) atoms. The predicted octanol–water partition coefficient (Wildman–Crippen LogP) is 1.29. The van der Waals surface area contributed by atoms with Gasteiger partial charge < -0.3 is 10.5 Å². The Balaban J connectivity index is 2.29. The molecule has 0 heterocycles. The monoisotopic (exact) mass is 184 g/mol. The van der Waals surface area contributed by atoms with E-state index in [0.29, 0.717) is 6.42 Å². The van der Waals surface area contributed by atoms with Crippen LogP contribution in [0.5, 0.6) is 0 Å². The van der Waals surface area contributed by atoms with Gasteiger partial charge in [0.25, 0.3) is 0 Å². The molecular formula is C9H16N2O2. The number of oxime groups is 1. The lowest BCUT2D eigenvalue weighted by Crippen LogP contribution is -2.37. The maximum atomic E-state index is 11.0. The van der Waals surface area contributed by atoms with Crippen LogP contribution in [0.4, 0.5) is 0 Å². The van der Waals surface area contributed by atoms with Crippen molar-refractivity contribution in [1.82, 2.24) is 5.32 Å². The maximum absolute atomic E-state index is 11.0. The highest BCUT2D eigenvalue weighted by Crippen LogP contribution is 2.15. The molecule has 0 aliphatic heterocycles. The molecule has 2 N–H and O–H groups in total. The van der Waals surface area contributed by atoms with Crippen molar-refractivity contribution in [2.24, 2.45) is 5.16 Å². The van der Waals surface area contributed by atoms with Crippen LogP contribution in [0.25, 0.3) is 0 Å². The molecule has 0 radical (unpaired) electrons. The minimum absolute atomic E-state index is 0.106. The van der Waals surface area contributed by atoms with E-state index in [0.717, 1.165) is 31.4 Å². The molecule has 1 amide bonds. The van der Waals surface area contributed by atoms with E-state index in [9.17, 15) is 4.79 Å². The summed E-state index contributed by atoms with van der Waals surface area (Å²) >= 11 is 0. The number of nitrogens with one attached hydrogen (secondary N) is 1. The van der Waals surface area contributed by atoms with Gasteiger partial charge in [0.15, 0.2) is 0 Å². The zero-order chi connectivity index (χ0) is 9.68. The van der Waals surface area contributed by atoms with Crippen LogP contribution in [0, 0.1) is 0 Å². The van der Waals surface area contributed by atoms with Crippen LogP contribution < -0.4 is 5.32 Å². The van der Waals surface area contributed by atoms with Crippen LogP contribution in [0.1, 0.15) is 39.0 Å². The van der Waals surface area contributed by atoms with Crippen molar-refractivity contribution < 1.29 is 10.0 Å². The summed E-state index contributed by atoms with van der Waals surface area (Å²) < 4.78 is 0. The van der Waals surface area contributed by atoms with Crippen LogP contribution in [0.3, 0.4) is 0 Å². The summed E-state index contributed by atoms with van der Waals surface area (Å²) in [5.74, 6) is 0.106. The summed E-state index contributed by atoms with van der Waals surface area (Å²) in [6.07, 6.45) is 3.92. The van der Waals surface area contributed by atoms with Gasteiger partial charge in [0.05, 0.1) is 5.71 Å². The summed E-state index contributed by atoms with van der Waals surface area (Å²) in [5.41, 5.74) is 0.849. The maximum Gasteiger partial charge on any atom is 0.219 e. The smallest absolute Gasteiger partial charge is 0.219 e. The molecule has 4 heteroatoms. The number of rotatable bonds is 2. The summed E-state index contributed by atoms with van der Waals surface area (Å²) in [5, 5.41) is 14.6. The van der Waals surface area contributed by atoms with Crippen LogP contribution in [0.2, 0.25) is 0 Å². The first kappa shape index (κ1) is 10.0. The quantitative estimate of drug-likeness (QED) is 0.501. The van der Waals surface area contributed by atoms with E-state index in [1.807, 2.05) is 6.92 Å². The topological polar surface area (TPSA) is 61.7 Å². The third-order valence-corrected chi connectivity index (χ3v) is 2.39. The molecule has 1 fully saturated rings. The first-order valence-electron chi connectivity index (χ1n) is 4.75. The van der Waals surface area contributed by atoms with Gasteiger partial charge in [-0.1, -0.05) is 12.1 Å². The minimum atomic E-state index is 0.106. The zero-order valence-corrected chi connectivity index (χ0v) is 7.92. The zero-order valence-electron chi connectivity index (χ0n) is 7.92. The largest absolute Gasteiger partial charge is 0.411 e. The van der Waals surface area contributed by atoms with Crippen molar-refractivity contribution in [1.29, 1.82) is 0 Å². The van der Waals surface area contributed by atoms with E-state index < -0.39 is 0 Å². The molecule has 0 aromatic carbocycles. The lowest BCUT2D eigenvalue weighted by molar-refractivity contribution is -0.121. The predicted molar refractivity (Wildman–Crippen MR) is 49.9 cm³/mol. The molecule has 0 saturated heterocycles. The van der Waals surface area contributed by atoms with Gasteiger partial charge in [0.2, 0.25) is 5.91 Å². The summed E-state index contributed by atoms with van der Waals surface area (Å²) in [6.45, 7) is 1.85. The number of carbonyl (C=O) groups excluding carboxylic acids is 1. The van der Waals surface area contributed by atoms with Gasteiger partial charge in [0, 0.05) is 12.5 Å². The third kappa shape index (κ3) is 3.05. The molecule has 0 aromatic rings. The highest BCUT2D eigenvalue weighted by atomic mass is 16.4. The Morgan fingerprint density at radius 3 is 2.69 bits per heavy atom. The van der Waals surface area contributed by atoms with Gasteiger partial charge >= 0.3 is 0 Å². The van der Waals surface area contributed by atoms with E-state index in [1.165, 1.54) is 0 Å². The fourth-order valence-electron chi connectivity index (χ4n) is 1.53. The summed E-state index contributed by atoms with van der Waals surface area (Å²) in [4.78, 5) is 11.0. The number of amides is 1. The number of hydrogen-bond donors (Lipinski definition) is 2. The van der Waals surface area contributed by atoms with Gasteiger partial charge in [-0.15, -0.1) is 0 Å². The Bertz CT molecular complexity index is 204. The van der Waals surface area contributed by atoms with Gasteiger partial charge in [-0.2, -0.15) is 0 Å². The molecule has 0 atom stereocenters. The number of carbonyl (C=O) groups is 1.